The van der Waals surface area contributed by atoms with E-state index in [2.05, 4.69) is 14.7 Å². The van der Waals surface area contributed by atoms with Crippen LogP contribution in [-0.2, 0) is 16.0 Å². The molecule has 0 spiro atoms. The Kier molecular flexibility index (Phi) is 4.42. The minimum atomic E-state index is -2.61. The largest absolute Gasteiger partial charge is 0.459 e. The van der Waals surface area contributed by atoms with Crippen molar-refractivity contribution in [2.24, 2.45) is 4.99 Å². The molecule has 0 amide bonds. The summed E-state index contributed by atoms with van der Waals surface area (Å²) < 4.78 is 30.5. The van der Waals surface area contributed by atoms with Gasteiger partial charge in [-0.05, 0) is 11.6 Å². The standard InChI is InChI=1S/C12H11ClF2N2O2/c13-10-2-1-7(5-16-10)3-9(12(14)15)17-8-4-11(18)19-6-8/h1-2,5,9,12H,3-4,6H2. The Morgan fingerprint density at radius 2 is 2.26 bits per heavy atom. The number of ether oxygens (including phenoxy) is 1. The highest BCUT2D eigenvalue weighted by atomic mass is 35.5. The van der Waals surface area contributed by atoms with Crippen LogP contribution in [0, 0.1) is 0 Å². The second kappa shape index (κ2) is 6.06. The van der Waals surface area contributed by atoms with Crippen molar-refractivity contribution >= 4 is 23.3 Å². The molecule has 19 heavy (non-hydrogen) atoms. The highest BCUT2D eigenvalue weighted by Crippen LogP contribution is 2.16. The van der Waals surface area contributed by atoms with Gasteiger partial charge < -0.3 is 4.74 Å². The summed E-state index contributed by atoms with van der Waals surface area (Å²) in [5, 5.41) is 0.304. The maximum absolute atomic E-state index is 12.9. The van der Waals surface area contributed by atoms with Gasteiger partial charge in [-0.3, -0.25) is 9.79 Å². The third kappa shape index (κ3) is 3.96. The molecule has 2 heterocycles. The van der Waals surface area contributed by atoms with E-state index in [1.54, 1.807) is 6.07 Å². The van der Waals surface area contributed by atoms with Crippen LogP contribution in [0.15, 0.2) is 23.3 Å². The van der Waals surface area contributed by atoms with Crippen molar-refractivity contribution in [1.82, 2.24) is 4.98 Å². The second-order valence-electron chi connectivity index (χ2n) is 4.13. The molecule has 0 N–H and O–H groups in total. The first-order valence-corrected chi connectivity index (χ1v) is 6.02. The molecule has 0 aliphatic carbocycles. The molecule has 1 aromatic heterocycles. The Morgan fingerprint density at radius 1 is 1.47 bits per heavy atom. The highest BCUT2D eigenvalue weighted by molar-refractivity contribution is 6.29. The number of hydrogen-bond acceptors (Lipinski definition) is 4. The molecule has 4 nitrogen and oxygen atoms in total. The van der Waals surface area contributed by atoms with Crippen molar-refractivity contribution in [1.29, 1.82) is 0 Å². The van der Waals surface area contributed by atoms with Crippen molar-refractivity contribution in [3.05, 3.63) is 29.0 Å². The molecular weight excluding hydrogens is 278 g/mol. The number of rotatable bonds is 4. The van der Waals surface area contributed by atoms with E-state index in [1.807, 2.05) is 0 Å². The van der Waals surface area contributed by atoms with Gasteiger partial charge in [0, 0.05) is 12.6 Å². The van der Waals surface area contributed by atoms with Crippen LogP contribution in [0.5, 0.6) is 0 Å². The number of aromatic nitrogens is 1. The zero-order chi connectivity index (χ0) is 13.8. The lowest BCUT2D eigenvalue weighted by atomic mass is 10.1. The van der Waals surface area contributed by atoms with Crippen LogP contribution in [0.2, 0.25) is 5.15 Å². The lowest BCUT2D eigenvalue weighted by molar-refractivity contribution is -0.137. The fourth-order valence-corrected chi connectivity index (χ4v) is 1.82. The van der Waals surface area contributed by atoms with Gasteiger partial charge in [0.1, 0.15) is 17.8 Å². The number of nitrogens with zero attached hydrogens (tertiary/aromatic N) is 2. The molecule has 102 valence electrons. The third-order valence-electron chi connectivity index (χ3n) is 2.62. The quantitative estimate of drug-likeness (QED) is 0.631. The van der Waals surface area contributed by atoms with E-state index in [0.29, 0.717) is 16.4 Å². The predicted molar refractivity (Wildman–Crippen MR) is 65.8 cm³/mol. The summed E-state index contributed by atoms with van der Waals surface area (Å²) in [5.74, 6) is -0.431. The Hall–Kier alpha value is -1.56. The highest BCUT2D eigenvalue weighted by Gasteiger charge is 2.24. The summed E-state index contributed by atoms with van der Waals surface area (Å²) >= 11 is 5.62. The monoisotopic (exact) mass is 288 g/mol. The molecule has 1 aliphatic heterocycles. The van der Waals surface area contributed by atoms with Crippen molar-refractivity contribution in [2.45, 2.75) is 25.3 Å². The van der Waals surface area contributed by atoms with Crippen LogP contribution in [0.4, 0.5) is 8.78 Å². The van der Waals surface area contributed by atoms with Gasteiger partial charge in [-0.15, -0.1) is 0 Å². The van der Waals surface area contributed by atoms with E-state index in [9.17, 15) is 13.6 Å². The number of pyridine rings is 1. The van der Waals surface area contributed by atoms with Crippen molar-refractivity contribution in [3.63, 3.8) is 0 Å². The van der Waals surface area contributed by atoms with Crippen molar-refractivity contribution in [2.75, 3.05) is 6.61 Å². The Morgan fingerprint density at radius 3 is 2.79 bits per heavy atom. The van der Waals surface area contributed by atoms with E-state index in [4.69, 9.17) is 11.6 Å². The van der Waals surface area contributed by atoms with Gasteiger partial charge in [-0.2, -0.15) is 0 Å². The summed E-state index contributed by atoms with van der Waals surface area (Å²) in [7, 11) is 0. The molecule has 1 fully saturated rings. The van der Waals surface area contributed by atoms with Crippen LogP contribution in [0.3, 0.4) is 0 Å². The van der Waals surface area contributed by atoms with Gasteiger partial charge in [0.15, 0.2) is 0 Å². The van der Waals surface area contributed by atoms with Crippen LogP contribution >= 0.6 is 11.6 Å². The van der Waals surface area contributed by atoms with Crippen LogP contribution in [0.25, 0.3) is 0 Å². The Balaban J connectivity index is 2.08. The summed E-state index contributed by atoms with van der Waals surface area (Å²) in [6.07, 6.45) is -1.14. The summed E-state index contributed by atoms with van der Waals surface area (Å²) in [6.45, 7) is 0.000914. The summed E-state index contributed by atoms with van der Waals surface area (Å²) in [4.78, 5) is 18.6. The molecule has 7 heteroatoms. The minimum absolute atomic E-state index is 0.000914. The maximum atomic E-state index is 12.9. The van der Waals surface area contributed by atoms with Crippen LogP contribution in [-0.4, -0.2) is 35.7 Å². The maximum Gasteiger partial charge on any atom is 0.312 e. The number of halogens is 3. The van der Waals surface area contributed by atoms with E-state index in [1.165, 1.54) is 12.3 Å². The molecule has 1 atom stereocenters. The number of aliphatic imine (C=N–C) groups is 1. The van der Waals surface area contributed by atoms with E-state index in [-0.39, 0.29) is 19.4 Å². The number of carbonyl (C=O) groups is 1. The molecule has 1 aromatic rings. The molecule has 2 rings (SSSR count). The number of carbonyl (C=O) groups excluding carboxylic acids is 1. The van der Waals surface area contributed by atoms with E-state index < -0.39 is 18.4 Å². The number of hydrogen-bond donors (Lipinski definition) is 0. The lowest BCUT2D eigenvalue weighted by Crippen LogP contribution is -2.21. The molecular formula is C12H11ClF2N2O2. The summed E-state index contributed by atoms with van der Waals surface area (Å²) in [6, 6.07) is 1.96. The number of cyclic esters (lactones) is 1. The lowest BCUT2D eigenvalue weighted by Gasteiger charge is -2.12. The topological polar surface area (TPSA) is 51.5 Å². The fraction of sp³-hybridized carbons (Fsp3) is 0.417. The van der Waals surface area contributed by atoms with Crippen LogP contribution < -0.4 is 0 Å². The number of esters is 1. The van der Waals surface area contributed by atoms with Crippen LogP contribution in [0.1, 0.15) is 12.0 Å². The molecule has 1 unspecified atom stereocenters. The Bertz CT molecular complexity index is 491. The first-order chi connectivity index (χ1) is 9.04. The normalized spacial score (nSPS) is 18.9. The van der Waals surface area contributed by atoms with Gasteiger partial charge in [0.25, 0.3) is 6.43 Å². The second-order valence-corrected chi connectivity index (χ2v) is 4.52. The van der Waals surface area contributed by atoms with E-state index in [0.717, 1.165) is 0 Å². The molecule has 0 saturated carbocycles. The third-order valence-corrected chi connectivity index (χ3v) is 2.84. The minimum Gasteiger partial charge on any atom is -0.459 e. The molecule has 1 saturated heterocycles. The van der Waals surface area contributed by atoms with Gasteiger partial charge in [0.05, 0.1) is 12.1 Å². The smallest absolute Gasteiger partial charge is 0.312 e. The average Bonchev–Trinajstić information content (AvgIpc) is 2.76. The van der Waals surface area contributed by atoms with Gasteiger partial charge >= 0.3 is 5.97 Å². The van der Waals surface area contributed by atoms with Gasteiger partial charge in [-0.1, -0.05) is 17.7 Å². The zero-order valence-corrected chi connectivity index (χ0v) is 10.6. The van der Waals surface area contributed by atoms with E-state index >= 15 is 0 Å². The zero-order valence-electron chi connectivity index (χ0n) is 9.85. The van der Waals surface area contributed by atoms with Gasteiger partial charge in [-0.25, -0.2) is 13.8 Å². The first kappa shape index (κ1) is 13.9. The van der Waals surface area contributed by atoms with Crippen molar-refractivity contribution < 1.29 is 18.3 Å². The molecule has 1 aliphatic rings. The fourth-order valence-electron chi connectivity index (χ4n) is 1.71. The molecule has 0 aromatic carbocycles. The number of alkyl halides is 2. The Labute approximate surface area is 113 Å². The predicted octanol–water partition coefficient (Wildman–Crippen LogP) is 2.30. The van der Waals surface area contributed by atoms with Gasteiger partial charge in [0.2, 0.25) is 0 Å². The first-order valence-electron chi connectivity index (χ1n) is 5.64. The SMILES string of the molecule is O=C1CC(=NC(Cc2ccc(Cl)nc2)C(F)F)CO1. The van der Waals surface area contributed by atoms with Crippen molar-refractivity contribution in [3.8, 4) is 0 Å². The summed E-state index contributed by atoms with van der Waals surface area (Å²) in [5.41, 5.74) is 0.974. The average molecular weight is 289 g/mol. The molecule has 0 bridgehead atoms. The molecule has 0 radical (unpaired) electrons.